The fraction of sp³-hybridized carbons (Fsp3) is 0.833. The third kappa shape index (κ3) is 2.31. The first kappa shape index (κ1) is 13.8. The topological polar surface area (TPSA) is 60.2 Å². The van der Waals surface area contributed by atoms with Crippen molar-refractivity contribution in [3.05, 3.63) is 11.7 Å². The number of aromatic nitrogens is 2. The molecular formula is C12H16F3N3O2. The van der Waals surface area contributed by atoms with Crippen LogP contribution in [0.2, 0.25) is 0 Å². The van der Waals surface area contributed by atoms with E-state index in [2.05, 4.69) is 15.5 Å². The summed E-state index contributed by atoms with van der Waals surface area (Å²) >= 11 is 0. The van der Waals surface area contributed by atoms with Gasteiger partial charge in [-0.25, -0.2) is 0 Å². The van der Waals surface area contributed by atoms with E-state index in [1.54, 1.807) is 0 Å². The quantitative estimate of drug-likeness (QED) is 0.916. The van der Waals surface area contributed by atoms with Crippen molar-refractivity contribution in [3.8, 4) is 0 Å². The standard InChI is InChI=1S/C12H16F3N3O2/c13-12(14,15)11(3-4-16-7-11)10-17-9(18-20-10)6-8-2-1-5-19-8/h8,16H,1-7H2. The average molecular weight is 291 g/mol. The summed E-state index contributed by atoms with van der Waals surface area (Å²) in [6.07, 6.45) is -2.22. The molecule has 1 aromatic rings. The molecule has 1 aromatic heterocycles. The molecule has 2 aliphatic heterocycles. The first-order chi connectivity index (χ1) is 9.51. The van der Waals surface area contributed by atoms with E-state index in [1.165, 1.54) is 0 Å². The van der Waals surface area contributed by atoms with Crippen LogP contribution in [0.5, 0.6) is 0 Å². The van der Waals surface area contributed by atoms with E-state index in [9.17, 15) is 13.2 Å². The summed E-state index contributed by atoms with van der Waals surface area (Å²) in [5, 5.41) is 6.42. The van der Waals surface area contributed by atoms with Crippen molar-refractivity contribution in [2.24, 2.45) is 0 Å². The molecule has 3 rings (SSSR count). The highest BCUT2D eigenvalue weighted by Gasteiger charge is 2.61. The molecule has 2 saturated heterocycles. The molecule has 2 atom stereocenters. The summed E-state index contributed by atoms with van der Waals surface area (Å²) < 4.78 is 50.3. The van der Waals surface area contributed by atoms with Gasteiger partial charge in [0.15, 0.2) is 11.2 Å². The number of ether oxygens (including phenoxy) is 1. The second-order valence-corrected chi connectivity index (χ2v) is 5.36. The van der Waals surface area contributed by atoms with Crippen LogP contribution in [0.3, 0.4) is 0 Å². The second-order valence-electron chi connectivity index (χ2n) is 5.36. The zero-order valence-electron chi connectivity index (χ0n) is 10.9. The molecule has 2 aliphatic rings. The molecule has 0 spiro atoms. The minimum absolute atomic E-state index is 0.0102. The molecule has 0 amide bonds. The van der Waals surface area contributed by atoms with E-state index in [0.717, 1.165) is 12.8 Å². The van der Waals surface area contributed by atoms with E-state index >= 15 is 0 Å². The van der Waals surface area contributed by atoms with Crippen molar-refractivity contribution in [1.29, 1.82) is 0 Å². The first-order valence-corrected chi connectivity index (χ1v) is 6.73. The van der Waals surface area contributed by atoms with Crippen molar-refractivity contribution >= 4 is 0 Å². The number of halogens is 3. The summed E-state index contributed by atoms with van der Waals surface area (Å²) in [7, 11) is 0. The number of nitrogens with one attached hydrogen (secondary N) is 1. The molecule has 112 valence electrons. The van der Waals surface area contributed by atoms with Crippen molar-refractivity contribution in [1.82, 2.24) is 15.5 Å². The van der Waals surface area contributed by atoms with Gasteiger partial charge in [-0.3, -0.25) is 0 Å². The van der Waals surface area contributed by atoms with Gasteiger partial charge in [-0.05, 0) is 25.8 Å². The molecule has 2 fully saturated rings. The highest BCUT2D eigenvalue weighted by Crippen LogP contribution is 2.44. The van der Waals surface area contributed by atoms with Crippen molar-refractivity contribution in [3.63, 3.8) is 0 Å². The maximum atomic E-state index is 13.3. The van der Waals surface area contributed by atoms with Crippen molar-refractivity contribution < 1.29 is 22.4 Å². The van der Waals surface area contributed by atoms with E-state index in [1.807, 2.05) is 0 Å². The molecule has 20 heavy (non-hydrogen) atoms. The molecule has 0 aliphatic carbocycles. The Labute approximate surface area is 113 Å². The average Bonchev–Trinajstić information content (AvgIpc) is 3.08. The molecule has 8 heteroatoms. The summed E-state index contributed by atoms with van der Waals surface area (Å²) in [4.78, 5) is 3.98. The minimum atomic E-state index is -4.40. The largest absolute Gasteiger partial charge is 0.404 e. The fourth-order valence-electron chi connectivity index (χ4n) is 2.78. The predicted molar refractivity (Wildman–Crippen MR) is 62.2 cm³/mol. The molecule has 0 aromatic carbocycles. The van der Waals surface area contributed by atoms with E-state index in [0.29, 0.717) is 25.4 Å². The summed E-state index contributed by atoms with van der Waals surface area (Å²) in [6, 6.07) is 0. The van der Waals surface area contributed by atoms with Crippen LogP contribution >= 0.6 is 0 Å². The van der Waals surface area contributed by atoms with Gasteiger partial charge in [0.25, 0.3) is 0 Å². The van der Waals surface area contributed by atoms with Gasteiger partial charge in [-0.2, -0.15) is 18.2 Å². The van der Waals surface area contributed by atoms with Crippen LogP contribution in [-0.2, 0) is 16.6 Å². The minimum Gasteiger partial charge on any atom is -0.378 e. The van der Waals surface area contributed by atoms with Crippen molar-refractivity contribution in [2.75, 3.05) is 19.7 Å². The van der Waals surface area contributed by atoms with Gasteiger partial charge in [0, 0.05) is 19.6 Å². The van der Waals surface area contributed by atoms with Gasteiger partial charge in [0.1, 0.15) is 0 Å². The van der Waals surface area contributed by atoms with Gasteiger partial charge in [0.2, 0.25) is 5.89 Å². The molecule has 3 heterocycles. The Morgan fingerprint density at radius 2 is 2.25 bits per heavy atom. The lowest BCUT2D eigenvalue weighted by atomic mass is 9.86. The van der Waals surface area contributed by atoms with Gasteiger partial charge in [0.05, 0.1) is 6.10 Å². The highest BCUT2D eigenvalue weighted by atomic mass is 19.4. The molecular weight excluding hydrogens is 275 g/mol. The second kappa shape index (κ2) is 5.00. The molecule has 5 nitrogen and oxygen atoms in total. The van der Waals surface area contributed by atoms with Crippen molar-refractivity contribution in [2.45, 2.75) is 43.4 Å². The van der Waals surface area contributed by atoms with Crippen LogP contribution in [-0.4, -0.2) is 42.1 Å². The Morgan fingerprint density at radius 3 is 2.85 bits per heavy atom. The maximum Gasteiger partial charge on any atom is 0.404 e. The van der Waals surface area contributed by atoms with Gasteiger partial charge in [-0.1, -0.05) is 5.16 Å². The summed E-state index contributed by atoms with van der Waals surface area (Å²) in [5.41, 5.74) is -2.05. The Bertz CT molecular complexity index is 463. The van der Waals surface area contributed by atoms with E-state index < -0.39 is 11.6 Å². The number of nitrogens with zero attached hydrogens (tertiary/aromatic N) is 2. The molecule has 0 saturated carbocycles. The number of hydrogen-bond donors (Lipinski definition) is 1. The van der Waals surface area contributed by atoms with Crippen LogP contribution in [0, 0.1) is 0 Å². The predicted octanol–water partition coefficient (Wildman–Crippen LogP) is 1.58. The highest BCUT2D eigenvalue weighted by molar-refractivity contribution is 5.14. The van der Waals surface area contributed by atoms with Gasteiger partial charge >= 0.3 is 6.18 Å². The smallest absolute Gasteiger partial charge is 0.378 e. The van der Waals surface area contributed by atoms with E-state index in [4.69, 9.17) is 9.26 Å². The first-order valence-electron chi connectivity index (χ1n) is 6.73. The zero-order chi connectivity index (χ0) is 14.2. The van der Waals surface area contributed by atoms with Crippen LogP contribution < -0.4 is 5.32 Å². The zero-order valence-corrected chi connectivity index (χ0v) is 10.9. The lowest BCUT2D eigenvalue weighted by Crippen LogP contribution is -2.44. The number of hydrogen-bond acceptors (Lipinski definition) is 5. The third-order valence-electron chi connectivity index (χ3n) is 4.01. The van der Waals surface area contributed by atoms with Crippen LogP contribution in [0.1, 0.15) is 31.0 Å². The van der Waals surface area contributed by atoms with Crippen LogP contribution in [0.4, 0.5) is 13.2 Å². The monoisotopic (exact) mass is 291 g/mol. The lowest BCUT2D eigenvalue weighted by Gasteiger charge is -2.26. The summed E-state index contributed by atoms with van der Waals surface area (Å²) in [5.74, 6) is -0.0366. The normalized spacial score (nSPS) is 31.1. The Hall–Kier alpha value is -1.15. The Kier molecular flexibility index (Phi) is 3.45. The molecule has 1 N–H and O–H groups in total. The fourth-order valence-corrected chi connectivity index (χ4v) is 2.78. The van der Waals surface area contributed by atoms with Gasteiger partial charge < -0.3 is 14.6 Å². The van der Waals surface area contributed by atoms with E-state index in [-0.39, 0.29) is 25.0 Å². The molecule has 0 bridgehead atoms. The SMILES string of the molecule is FC(F)(F)C1(c2nc(CC3CCCO3)no2)CCNC1. The maximum absolute atomic E-state index is 13.3. The van der Waals surface area contributed by atoms with Crippen LogP contribution in [0.25, 0.3) is 0 Å². The lowest BCUT2D eigenvalue weighted by molar-refractivity contribution is -0.191. The molecule has 0 radical (unpaired) electrons. The number of rotatable bonds is 3. The Morgan fingerprint density at radius 1 is 1.40 bits per heavy atom. The van der Waals surface area contributed by atoms with Gasteiger partial charge in [-0.15, -0.1) is 0 Å². The number of alkyl halides is 3. The summed E-state index contributed by atoms with van der Waals surface area (Å²) in [6.45, 7) is 0.771. The third-order valence-corrected chi connectivity index (χ3v) is 4.01. The molecule has 2 unspecified atom stereocenters. The Balaban J connectivity index is 1.80. The van der Waals surface area contributed by atoms with Crippen LogP contribution in [0.15, 0.2) is 4.52 Å².